The van der Waals surface area contributed by atoms with Crippen molar-refractivity contribution in [2.24, 2.45) is 0 Å². The van der Waals surface area contributed by atoms with Crippen molar-refractivity contribution in [3.8, 4) is 0 Å². The summed E-state index contributed by atoms with van der Waals surface area (Å²) in [4.78, 5) is 12.3. The molecule has 2 rings (SSSR count). The maximum Gasteiger partial charge on any atom is 0.258 e. The molecule has 0 heterocycles. The summed E-state index contributed by atoms with van der Waals surface area (Å²) in [5.41, 5.74) is 7.72. The van der Waals surface area contributed by atoms with Gasteiger partial charge in [-0.15, -0.1) is 0 Å². The maximum absolute atomic E-state index is 12.3. The van der Waals surface area contributed by atoms with Gasteiger partial charge < -0.3 is 15.8 Å². The second-order valence-corrected chi connectivity index (χ2v) is 5.16. The van der Waals surface area contributed by atoms with Crippen molar-refractivity contribution in [1.82, 2.24) is 0 Å². The Morgan fingerprint density at radius 1 is 1.25 bits per heavy atom. The van der Waals surface area contributed by atoms with Gasteiger partial charge in [0, 0.05) is 11.6 Å². The molecule has 0 saturated heterocycles. The molecule has 0 fully saturated rings. The second kappa shape index (κ2) is 6.54. The number of carbonyl (C=O) groups is 1. The minimum Gasteiger partial charge on any atom is -0.397 e. The van der Waals surface area contributed by atoms with Crippen molar-refractivity contribution >= 4 is 33.2 Å². The van der Waals surface area contributed by atoms with Crippen LogP contribution in [0.25, 0.3) is 0 Å². The molecule has 104 valence electrons. The average molecular weight is 335 g/mol. The van der Waals surface area contributed by atoms with Crippen LogP contribution < -0.4 is 11.1 Å². The summed E-state index contributed by atoms with van der Waals surface area (Å²) in [6.45, 7) is 0. The Morgan fingerprint density at radius 2 is 1.95 bits per heavy atom. The number of methoxy groups -OCH3 is 1. The van der Waals surface area contributed by atoms with Gasteiger partial charge in [-0.1, -0.05) is 46.3 Å². The van der Waals surface area contributed by atoms with Crippen LogP contribution in [0.2, 0.25) is 0 Å². The van der Waals surface area contributed by atoms with Crippen molar-refractivity contribution in [3.63, 3.8) is 0 Å². The van der Waals surface area contributed by atoms with Crippen LogP contribution in [-0.2, 0) is 9.53 Å². The SMILES string of the molecule is COC(C(=O)Nc1ccc(Br)cc1N)c1ccccc1. The lowest BCUT2D eigenvalue weighted by atomic mass is 10.1. The smallest absolute Gasteiger partial charge is 0.258 e. The third kappa shape index (κ3) is 3.37. The van der Waals surface area contributed by atoms with Crippen LogP contribution in [0.5, 0.6) is 0 Å². The van der Waals surface area contributed by atoms with E-state index >= 15 is 0 Å². The van der Waals surface area contributed by atoms with Crippen LogP contribution in [0.4, 0.5) is 11.4 Å². The number of amides is 1. The van der Waals surface area contributed by atoms with Gasteiger partial charge in [-0.3, -0.25) is 4.79 Å². The van der Waals surface area contributed by atoms with Crippen molar-refractivity contribution in [2.75, 3.05) is 18.2 Å². The highest BCUT2D eigenvalue weighted by Gasteiger charge is 2.20. The first-order valence-corrected chi connectivity index (χ1v) is 6.84. The Morgan fingerprint density at radius 3 is 2.55 bits per heavy atom. The molecule has 0 spiro atoms. The van der Waals surface area contributed by atoms with E-state index in [0.29, 0.717) is 11.4 Å². The second-order valence-electron chi connectivity index (χ2n) is 4.25. The summed E-state index contributed by atoms with van der Waals surface area (Å²) in [7, 11) is 1.50. The quantitative estimate of drug-likeness (QED) is 0.842. The van der Waals surface area contributed by atoms with Crippen molar-refractivity contribution in [2.45, 2.75) is 6.10 Å². The highest BCUT2D eigenvalue weighted by molar-refractivity contribution is 9.10. The number of anilines is 2. The first kappa shape index (κ1) is 14.6. The van der Waals surface area contributed by atoms with Gasteiger partial charge in [0.25, 0.3) is 5.91 Å². The van der Waals surface area contributed by atoms with Gasteiger partial charge in [-0.05, 0) is 23.8 Å². The van der Waals surface area contributed by atoms with E-state index in [-0.39, 0.29) is 5.91 Å². The molecule has 0 aliphatic heterocycles. The van der Waals surface area contributed by atoms with E-state index < -0.39 is 6.10 Å². The first-order chi connectivity index (χ1) is 9.61. The Balaban J connectivity index is 2.18. The van der Waals surface area contributed by atoms with Crippen LogP contribution in [0.15, 0.2) is 53.0 Å². The topological polar surface area (TPSA) is 64.3 Å². The molecule has 2 aromatic rings. The van der Waals surface area contributed by atoms with Crippen LogP contribution in [-0.4, -0.2) is 13.0 Å². The number of benzene rings is 2. The van der Waals surface area contributed by atoms with Gasteiger partial charge in [0.05, 0.1) is 11.4 Å². The zero-order valence-corrected chi connectivity index (χ0v) is 12.6. The fourth-order valence-corrected chi connectivity index (χ4v) is 2.25. The number of ether oxygens (including phenoxy) is 1. The third-order valence-corrected chi connectivity index (χ3v) is 3.34. The molecule has 0 radical (unpaired) electrons. The minimum atomic E-state index is -0.667. The van der Waals surface area contributed by atoms with Gasteiger partial charge >= 0.3 is 0 Å². The molecule has 0 aromatic heterocycles. The molecule has 0 saturated carbocycles. The molecule has 1 unspecified atom stereocenters. The fraction of sp³-hybridized carbons (Fsp3) is 0.133. The number of hydrogen-bond acceptors (Lipinski definition) is 3. The van der Waals surface area contributed by atoms with Gasteiger partial charge in [0.15, 0.2) is 6.10 Å². The summed E-state index contributed by atoms with van der Waals surface area (Å²) in [5, 5.41) is 2.78. The zero-order valence-electron chi connectivity index (χ0n) is 11.0. The largest absolute Gasteiger partial charge is 0.397 e. The Labute approximate surface area is 126 Å². The Bertz CT molecular complexity index is 602. The lowest BCUT2D eigenvalue weighted by molar-refractivity contribution is -0.126. The van der Waals surface area contributed by atoms with E-state index in [9.17, 15) is 4.79 Å². The summed E-state index contributed by atoms with van der Waals surface area (Å²) in [6.07, 6.45) is -0.667. The number of halogens is 1. The van der Waals surface area contributed by atoms with Crippen LogP contribution in [0, 0.1) is 0 Å². The van der Waals surface area contributed by atoms with E-state index in [1.54, 1.807) is 12.1 Å². The van der Waals surface area contributed by atoms with Gasteiger partial charge in [0.1, 0.15) is 0 Å². The lowest BCUT2D eigenvalue weighted by Gasteiger charge is -2.16. The van der Waals surface area contributed by atoms with Gasteiger partial charge in [-0.25, -0.2) is 0 Å². The normalized spacial score (nSPS) is 11.9. The highest BCUT2D eigenvalue weighted by atomic mass is 79.9. The van der Waals surface area contributed by atoms with Gasteiger partial charge in [0.2, 0.25) is 0 Å². The van der Waals surface area contributed by atoms with Crippen molar-refractivity contribution < 1.29 is 9.53 Å². The highest BCUT2D eigenvalue weighted by Crippen LogP contribution is 2.25. The third-order valence-electron chi connectivity index (χ3n) is 2.85. The number of nitrogen functional groups attached to an aromatic ring is 1. The molecule has 20 heavy (non-hydrogen) atoms. The minimum absolute atomic E-state index is 0.257. The van der Waals surface area contributed by atoms with Crippen LogP contribution in [0.1, 0.15) is 11.7 Å². The molecule has 0 aliphatic rings. The maximum atomic E-state index is 12.3. The molecule has 5 heteroatoms. The Hall–Kier alpha value is -1.85. The fourth-order valence-electron chi connectivity index (χ4n) is 1.87. The number of nitrogens with two attached hydrogens (primary N) is 1. The van der Waals surface area contributed by atoms with Crippen molar-refractivity contribution in [1.29, 1.82) is 0 Å². The molecular weight excluding hydrogens is 320 g/mol. The molecule has 0 bridgehead atoms. The molecule has 1 amide bonds. The summed E-state index contributed by atoms with van der Waals surface area (Å²) >= 11 is 3.32. The van der Waals surface area contributed by atoms with Crippen LogP contribution in [0.3, 0.4) is 0 Å². The van der Waals surface area contributed by atoms with E-state index in [0.717, 1.165) is 10.0 Å². The monoisotopic (exact) mass is 334 g/mol. The van der Waals surface area contributed by atoms with E-state index in [4.69, 9.17) is 10.5 Å². The molecule has 4 nitrogen and oxygen atoms in total. The first-order valence-electron chi connectivity index (χ1n) is 6.05. The average Bonchev–Trinajstić information content (AvgIpc) is 2.44. The summed E-state index contributed by atoms with van der Waals surface area (Å²) in [6, 6.07) is 14.6. The van der Waals surface area contributed by atoms with E-state index in [2.05, 4.69) is 21.2 Å². The van der Waals surface area contributed by atoms with Crippen molar-refractivity contribution in [3.05, 3.63) is 58.6 Å². The predicted octanol–water partition coefficient (Wildman–Crippen LogP) is 3.36. The van der Waals surface area contributed by atoms with Crippen LogP contribution >= 0.6 is 15.9 Å². The molecule has 2 aromatic carbocycles. The lowest BCUT2D eigenvalue weighted by Crippen LogP contribution is -2.23. The van der Waals surface area contributed by atoms with E-state index in [1.807, 2.05) is 36.4 Å². The summed E-state index contributed by atoms with van der Waals surface area (Å²) in [5.74, 6) is -0.257. The molecular formula is C15H15BrN2O2. The van der Waals surface area contributed by atoms with Gasteiger partial charge in [-0.2, -0.15) is 0 Å². The molecule has 1 atom stereocenters. The number of carbonyl (C=O) groups excluding carboxylic acids is 1. The zero-order chi connectivity index (χ0) is 14.5. The molecule has 3 N–H and O–H groups in total. The number of hydrogen-bond donors (Lipinski definition) is 2. The number of nitrogens with one attached hydrogen (secondary N) is 1. The summed E-state index contributed by atoms with van der Waals surface area (Å²) < 4.78 is 6.13. The van der Waals surface area contributed by atoms with E-state index in [1.165, 1.54) is 7.11 Å². The molecule has 0 aliphatic carbocycles. The Kier molecular flexibility index (Phi) is 4.76. The number of rotatable bonds is 4. The standard InChI is InChI=1S/C15H15BrN2O2/c1-20-14(10-5-3-2-4-6-10)15(19)18-13-8-7-11(16)9-12(13)17/h2-9,14H,17H2,1H3,(H,18,19). The predicted molar refractivity (Wildman–Crippen MR) is 83.4 cm³/mol.